The molecular weight excluding hydrogens is 262 g/mol. The fourth-order valence-electron chi connectivity index (χ4n) is 1.45. The number of Topliss-reactive ketones (excluding diaryl/α,β-unsaturated/α-hetero) is 1. The summed E-state index contributed by atoms with van der Waals surface area (Å²) in [6.45, 7) is 5.14. The Labute approximate surface area is 117 Å². The first-order chi connectivity index (χ1) is 9.19. The molecule has 6 nitrogen and oxygen atoms in total. The second kappa shape index (κ2) is 6.38. The number of hydrogen-bond acceptors (Lipinski definition) is 6. The molecule has 0 atom stereocenters. The van der Waals surface area contributed by atoms with Crippen LogP contribution in [0.4, 0.5) is 0 Å². The van der Waals surface area contributed by atoms with Crippen LogP contribution in [0.3, 0.4) is 0 Å². The van der Waals surface area contributed by atoms with Crippen LogP contribution in [0, 0.1) is 0 Å². The van der Waals surface area contributed by atoms with E-state index in [4.69, 9.17) is 9.84 Å². The number of phenolic OH excluding ortho intramolecular Hbond substituents is 2. The van der Waals surface area contributed by atoms with Gasteiger partial charge >= 0.3 is 5.97 Å². The highest BCUT2D eigenvalue weighted by Gasteiger charge is 2.16. The van der Waals surface area contributed by atoms with Gasteiger partial charge in [-0.05, 0) is 39.0 Å². The highest BCUT2D eigenvalue weighted by atomic mass is 16.6. The third-order valence-corrected chi connectivity index (χ3v) is 2.27. The van der Waals surface area contributed by atoms with Gasteiger partial charge in [0.05, 0.1) is 13.1 Å². The molecule has 0 aliphatic carbocycles. The predicted octanol–water partition coefficient (Wildman–Crippen LogP) is 1.21. The minimum atomic E-state index is -0.564. The molecule has 0 aliphatic rings. The topological polar surface area (TPSA) is 95.9 Å². The van der Waals surface area contributed by atoms with Crippen molar-refractivity contribution in [3.63, 3.8) is 0 Å². The first-order valence-corrected chi connectivity index (χ1v) is 6.17. The molecule has 0 radical (unpaired) electrons. The average Bonchev–Trinajstić information content (AvgIpc) is 2.30. The predicted molar refractivity (Wildman–Crippen MR) is 72.8 cm³/mol. The van der Waals surface area contributed by atoms with Crippen LogP contribution in [0.5, 0.6) is 11.5 Å². The van der Waals surface area contributed by atoms with Crippen LogP contribution >= 0.6 is 0 Å². The van der Waals surface area contributed by atoms with E-state index in [9.17, 15) is 14.7 Å². The summed E-state index contributed by atoms with van der Waals surface area (Å²) in [6.07, 6.45) is 0. The van der Waals surface area contributed by atoms with Gasteiger partial charge in [-0.2, -0.15) is 0 Å². The third-order valence-electron chi connectivity index (χ3n) is 2.27. The number of rotatable bonds is 5. The standard InChI is InChI=1S/C14H19NO5/c1-14(2,3)20-13(19)8-15-7-12(18)9-4-5-10(16)11(17)6-9/h4-6,15-17H,7-8H2,1-3H3. The molecule has 110 valence electrons. The lowest BCUT2D eigenvalue weighted by atomic mass is 10.1. The number of hydrogen-bond donors (Lipinski definition) is 3. The molecule has 0 aliphatic heterocycles. The van der Waals surface area contributed by atoms with Gasteiger partial charge in [-0.25, -0.2) is 0 Å². The molecule has 6 heteroatoms. The number of phenols is 2. The normalized spacial score (nSPS) is 11.2. The summed E-state index contributed by atoms with van der Waals surface area (Å²) in [6, 6.07) is 3.80. The van der Waals surface area contributed by atoms with E-state index in [2.05, 4.69) is 5.32 Å². The summed E-state index contributed by atoms with van der Waals surface area (Å²) in [7, 11) is 0. The number of ketones is 1. The Bertz CT molecular complexity index is 505. The Morgan fingerprint density at radius 3 is 2.35 bits per heavy atom. The molecule has 0 unspecified atom stereocenters. The van der Waals surface area contributed by atoms with Crippen LogP contribution in [-0.4, -0.2) is 40.7 Å². The maximum absolute atomic E-state index is 11.8. The number of carbonyl (C=O) groups is 2. The van der Waals surface area contributed by atoms with Crippen molar-refractivity contribution in [3.05, 3.63) is 23.8 Å². The van der Waals surface area contributed by atoms with Crippen molar-refractivity contribution in [2.45, 2.75) is 26.4 Å². The Morgan fingerprint density at radius 2 is 1.80 bits per heavy atom. The molecule has 0 saturated carbocycles. The van der Waals surface area contributed by atoms with Crippen molar-refractivity contribution < 1.29 is 24.5 Å². The lowest BCUT2D eigenvalue weighted by molar-refractivity contribution is -0.153. The van der Waals surface area contributed by atoms with Crippen molar-refractivity contribution in [3.8, 4) is 11.5 Å². The number of carbonyl (C=O) groups excluding carboxylic acids is 2. The largest absolute Gasteiger partial charge is 0.504 e. The molecule has 3 N–H and O–H groups in total. The molecule has 20 heavy (non-hydrogen) atoms. The molecule has 0 aromatic heterocycles. The summed E-state index contributed by atoms with van der Waals surface area (Å²) in [5.74, 6) is -1.39. The first kappa shape index (κ1) is 16.0. The van der Waals surface area contributed by atoms with Gasteiger partial charge in [-0.3, -0.25) is 14.9 Å². The number of esters is 1. The fraction of sp³-hybridized carbons (Fsp3) is 0.429. The van der Waals surface area contributed by atoms with Gasteiger partial charge < -0.3 is 14.9 Å². The van der Waals surface area contributed by atoms with Crippen molar-refractivity contribution in [2.24, 2.45) is 0 Å². The molecule has 0 spiro atoms. The molecule has 0 heterocycles. The van der Waals surface area contributed by atoms with Crippen molar-refractivity contribution in [1.82, 2.24) is 5.32 Å². The molecule has 0 fully saturated rings. The summed E-state index contributed by atoms with van der Waals surface area (Å²) < 4.78 is 5.07. The molecular formula is C14H19NO5. The Hall–Kier alpha value is -2.08. The highest BCUT2D eigenvalue weighted by Crippen LogP contribution is 2.24. The zero-order chi connectivity index (χ0) is 15.3. The fourth-order valence-corrected chi connectivity index (χ4v) is 1.45. The second-order valence-electron chi connectivity index (χ2n) is 5.32. The first-order valence-electron chi connectivity index (χ1n) is 6.17. The number of benzene rings is 1. The van der Waals surface area contributed by atoms with E-state index >= 15 is 0 Å². The lowest BCUT2D eigenvalue weighted by Crippen LogP contribution is -2.33. The van der Waals surface area contributed by atoms with Gasteiger partial charge in [-0.1, -0.05) is 0 Å². The van der Waals surface area contributed by atoms with E-state index in [1.165, 1.54) is 18.2 Å². The molecule has 0 saturated heterocycles. The zero-order valence-electron chi connectivity index (χ0n) is 11.8. The van der Waals surface area contributed by atoms with Crippen molar-refractivity contribution in [1.29, 1.82) is 0 Å². The Balaban J connectivity index is 2.44. The quantitative estimate of drug-likeness (QED) is 0.426. The van der Waals surface area contributed by atoms with Gasteiger partial charge in [-0.15, -0.1) is 0 Å². The van der Waals surface area contributed by atoms with Gasteiger partial charge in [0.25, 0.3) is 0 Å². The van der Waals surface area contributed by atoms with Crippen LogP contribution < -0.4 is 5.32 Å². The zero-order valence-corrected chi connectivity index (χ0v) is 11.8. The SMILES string of the molecule is CC(C)(C)OC(=O)CNCC(=O)c1ccc(O)c(O)c1. The average molecular weight is 281 g/mol. The molecule has 1 aromatic carbocycles. The van der Waals surface area contributed by atoms with E-state index in [1.54, 1.807) is 20.8 Å². The van der Waals surface area contributed by atoms with E-state index < -0.39 is 11.6 Å². The van der Waals surface area contributed by atoms with E-state index in [0.717, 1.165) is 0 Å². The van der Waals surface area contributed by atoms with Crippen molar-refractivity contribution >= 4 is 11.8 Å². The molecule has 1 rings (SSSR count). The molecule has 0 amide bonds. The van der Waals surface area contributed by atoms with E-state index in [1.807, 2.05) is 0 Å². The maximum atomic E-state index is 11.8. The van der Waals surface area contributed by atoms with Crippen LogP contribution in [0.25, 0.3) is 0 Å². The number of aromatic hydroxyl groups is 2. The second-order valence-corrected chi connectivity index (χ2v) is 5.32. The maximum Gasteiger partial charge on any atom is 0.320 e. The van der Waals surface area contributed by atoms with E-state index in [-0.39, 0.29) is 35.9 Å². The molecule has 0 bridgehead atoms. The monoisotopic (exact) mass is 281 g/mol. The Kier molecular flexibility index (Phi) is 5.10. The number of nitrogens with one attached hydrogen (secondary N) is 1. The lowest BCUT2D eigenvalue weighted by Gasteiger charge is -2.19. The van der Waals surface area contributed by atoms with Crippen LogP contribution in [-0.2, 0) is 9.53 Å². The Morgan fingerprint density at radius 1 is 1.15 bits per heavy atom. The summed E-state index contributed by atoms with van der Waals surface area (Å²) in [4.78, 5) is 23.2. The van der Waals surface area contributed by atoms with Gasteiger partial charge in [0, 0.05) is 5.56 Å². The van der Waals surface area contributed by atoms with Gasteiger partial charge in [0.15, 0.2) is 17.3 Å². The minimum Gasteiger partial charge on any atom is -0.504 e. The van der Waals surface area contributed by atoms with Crippen molar-refractivity contribution in [2.75, 3.05) is 13.1 Å². The summed E-state index contributed by atoms with van der Waals surface area (Å²) >= 11 is 0. The van der Waals surface area contributed by atoms with Crippen LogP contribution in [0.1, 0.15) is 31.1 Å². The smallest absolute Gasteiger partial charge is 0.320 e. The van der Waals surface area contributed by atoms with Gasteiger partial charge in [0.1, 0.15) is 5.60 Å². The highest BCUT2D eigenvalue weighted by molar-refractivity contribution is 5.98. The number of ether oxygens (including phenoxy) is 1. The van der Waals surface area contributed by atoms with Crippen LogP contribution in [0.2, 0.25) is 0 Å². The third kappa shape index (κ3) is 5.27. The van der Waals surface area contributed by atoms with Crippen LogP contribution in [0.15, 0.2) is 18.2 Å². The summed E-state index contributed by atoms with van der Waals surface area (Å²) in [5.41, 5.74) is -0.317. The van der Waals surface area contributed by atoms with Gasteiger partial charge in [0.2, 0.25) is 0 Å². The minimum absolute atomic E-state index is 0.0660. The summed E-state index contributed by atoms with van der Waals surface area (Å²) in [5, 5.41) is 21.1. The van der Waals surface area contributed by atoms with E-state index in [0.29, 0.717) is 0 Å². The molecule has 1 aromatic rings.